The van der Waals surface area contributed by atoms with Gasteiger partial charge in [-0.15, -0.1) is 0 Å². The van der Waals surface area contributed by atoms with Gasteiger partial charge in [-0.1, -0.05) is 301 Å². The van der Waals surface area contributed by atoms with Crippen LogP contribution >= 0.6 is 0 Å². The van der Waals surface area contributed by atoms with Gasteiger partial charge < -0.3 is 14.2 Å². The topological polar surface area (TPSA) is 78.9 Å². The van der Waals surface area contributed by atoms with Gasteiger partial charge in [0.15, 0.2) is 6.10 Å². The van der Waals surface area contributed by atoms with Crippen molar-refractivity contribution in [3.05, 3.63) is 158 Å². The first-order chi connectivity index (χ1) is 39.5. The Morgan fingerprint density at radius 2 is 0.525 bits per heavy atom. The van der Waals surface area contributed by atoms with Crippen LogP contribution in [0.3, 0.4) is 0 Å². The minimum absolute atomic E-state index is 0.0904. The van der Waals surface area contributed by atoms with Crippen LogP contribution in [-0.4, -0.2) is 37.2 Å². The number of hydrogen-bond donors (Lipinski definition) is 0. The molecule has 0 N–H and O–H groups in total. The first kappa shape index (κ1) is 75.0. The van der Waals surface area contributed by atoms with Crippen molar-refractivity contribution in [2.45, 2.75) is 277 Å². The molecule has 450 valence electrons. The molecule has 0 spiro atoms. The third kappa shape index (κ3) is 63.9. The zero-order chi connectivity index (χ0) is 57.8. The van der Waals surface area contributed by atoms with Crippen molar-refractivity contribution in [2.75, 3.05) is 13.2 Å². The van der Waals surface area contributed by atoms with Crippen LogP contribution in [0.5, 0.6) is 0 Å². The summed E-state index contributed by atoms with van der Waals surface area (Å²) >= 11 is 0. The molecule has 0 aromatic rings. The van der Waals surface area contributed by atoms with E-state index in [2.05, 4.69) is 167 Å². The molecule has 1 unspecified atom stereocenters. The third-order valence-corrected chi connectivity index (χ3v) is 13.3. The smallest absolute Gasteiger partial charge is 0.310 e. The van der Waals surface area contributed by atoms with Crippen LogP contribution in [0.4, 0.5) is 0 Å². The first-order valence-corrected chi connectivity index (χ1v) is 32.5. The number of esters is 3. The standard InChI is InChI=1S/C74H118O6/c1-4-7-10-13-16-19-22-25-28-29-30-31-32-33-34-35-36-37-38-39-40-41-42-43-44-45-47-49-52-55-58-61-64-67-73(76)79-70-71(69-78-72(75)66-63-60-57-54-51-48-27-24-21-18-15-12-9-6-3)80-74(77)68-65-62-59-56-53-50-46-26-23-20-17-14-11-8-5-2/h7-8,10-11,16-17,19-20,25-26,28,30-31,33-34,36-37,39-40,42-43,46,53,56,62,65,71H,4-6,9,12-15,18,21-24,27,29,32,35,38,41,44-45,47-52,54-55,57-61,63-64,66-70H2,1-3H3/b10-7-,11-8-,19-16-,20-17-,28-25-,31-30-,34-33-,37-36-,40-39-,43-42-,46-26-,56-53-,65-62-. The first-order valence-electron chi connectivity index (χ1n) is 32.5. The van der Waals surface area contributed by atoms with Crippen molar-refractivity contribution < 1.29 is 28.6 Å². The minimum Gasteiger partial charge on any atom is -0.462 e. The molecule has 80 heavy (non-hydrogen) atoms. The van der Waals surface area contributed by atoms with E-state index in [0.717, 1.165) is 122 Å². The zero-order valence-electron chi connectivity index (χ0n) is 51.5. The maximum atomic E-state index is 12.8. The van der Waals surface area contributed by atoms with Gasteiger partial charge in [0.2, 0.25) is 0 Å². The summed E-state index contributed by atoms with van der Waals surface area (Å²) in [5.74, 6) is -1.06. The van der Waals surface area contributed by atoms with Crippen LogP contribution in [0, 0.1) is 0 Å². The summed E-state index contributed by atoms with van der Waals surface area (Å²) in [5.41, 5.74) is 0. The maximum Gasteiger partial charge on any atom is 0.310 e. The fourth-order valence-corrected chi connectivity index (χ4v) is 8.53. The lowest BCUT2D eigenvalue weighted by Gasteiger charge is -2.18. The molecule has 0 aliphatic carbocycles. The molecule has 0 saturated heterocycles. The molecule has 0 saturated carbocycles. The zero-order valence-corrected chi connectivity index (χ0v) is 51.5. The number of carbonyl (C=O) groups is 3. The molecule has 0 aromatic carbocycles. The van der Waals surface area contributed by atoms with Crippen molar-refractivity contribution >= 4 is 17.9 Å². The van der Waals surface area contributed by atoms with Gasteiger partial charge in [-0.05, 0) is 109 Å². The third-order valence-electron chi connectivity index (χ3n) is 13.3. The second kappa shape index (κ2) is 66.5. The molecule has 0 heterocycles. The number of unbranched alkanes of at least 4 members (excludes halogenated alkanes) is 21. The molecule has 0 aliphatic rings. The highest BCUT2D eigenvalue weighted by Gasteiger charge is 2.19. The van der Waals surface area contributed by atoms with Gasteiger partial charge in [-0.3, -0.25) is 14.4 Å². The van der Waals surface area contributed by atoms with Crippen LogP contribution in [0.25, 0.3) is 0 Å². The Morgan fingerprint density at radius 1 is 0.275 bits per heavy atom. The predicted molar refractivity (Wildman–Crippen MR) is 348 cm³/mol. The van der Waals surface area contributed by atoms with E-state index in [4.69, 9.17) is 14.2 Å². The van der Waals surface area contributed by atoms with Crippen molar-refractivity contribution in [3.8, 4) is 0 Å². The lowest BCUT2D eigenvalue weighted by molar-refractivity contribution is -0.166. The van der Waals surface area contributed by atoms with E-state index >= 15 is 0 Å². The lowest BCUT2D eigenvalue weighted by atomic mass is 10.0. The number of carbonyl (C=O) groups excluding carboxylic acids is 3. The molecule has 6 heteroatoms. The number of allylic oxidation sites excluding steroid dienone is 25. The fraction of sp³-hybridized carbons (Fsp3) is 0.608. The Balaban J connectivity index is 4.35. The van der Waals surface area contributed by atoms with Crippen LogP contribution < -0.4 is 0 Å². The van der Waals surface area contributed by atoms with Crippen LogP contribution in [-0.2, 0) is 28.6 Å². The summed E-state index contributed by atoms with van der Waals surface area (Å²) in [6.45, 7) is 6.32. The monoisotopic (exact) mass is 1100 g/mol. The highest BCUT2D eigenvalue weighted by atomic mass is 16.6. The van der Waals surface area contributed by atoms with E-state index in [-0.39, 0.29) is 31.6 Å². The Bertz CT molecular complexity index is 1790. The predicted octanol–water partition coefficient (Wildman–Crippen LogP) is 22.5. The lowest BCUT2D eigenvalue weighted by Crippen LogP contribution is -2.30. The highest BCUT2D eigenvalue weighted by Crippen LogP contribution is 2.15. The second-order valence-electron chi connectivity index (χ2n) is 20.9. The molecule has 0 aromatic heterocycles. The van der Waals surface area contributed by atoms with E-state index in [0.29, 0.717) is 19.3 Å². The molecular formula is C74H118O6. The number of rotatable bonds is 57. The molecule has 1 atom stereocenters. The molecule has 0 rings (SSSR count). The normalized spacial score (nSPS) is 13.2. The fourth-order valence-electron chi connectivity index (χ4n) is 8.53. The summed E-state index contributed by atoms with van der Waals surface area (Å²) in [6, 6.07) is 0. The average molecular weight is 1100 g/mol. The quantitative estimate of drug-likeness (QED) is 0.0261. The van der Waals surface area contributed by atoms with Crippen molar-refractivity contribution in [1.29, 1.82) is 0 Å². The molecule has 0 amide bonds. The van der Waals surface area contributed by atoms with Crippen molar-refractivity contribution in [2.24, 2.45) is 0 Å². The van der Waals surface area contributed by atoms with Crippen molar-refractivity contribution in [3.63, 3.8) is 0 Å². The molecule has 6 nitrogen and oxygen atoms in total. The van der Waals surface area contributed by atoms with Gasteiger partial charge in [0, 0.05) is 12.8 Å². The van der Waals surface area contributed by atoms with E-state index < -0.39 is 12.1 Å². The second-order valence-corrected chi connectivity index (χ2v) is 20.9. The molecule has 0 bridgehead atoms. The Morgan fingerprint density at radius 3 is 0.825 bits per heavy atom. The summed E-state index contributed by atoms with van der Waals surface area (Å²) in [6.07, 6.45) is 97.1. The van der Waals surface area contributed by atoms with Crippen LogP contribution in [0.1, 0.15) is 271 Å². The Labute approximate surface area is 492 Å². The van der Waals surface area contributed by atoms with E-state index in [1.54, 1.807) is 6.08 Å². The van der Waals surface area contributed by atoms with Gasteiger partial charge in [0.1, 0.15) is 13.2 Å². The SMILES string of the molecule is CC/C=C\C/C=C\C/C=C\C/C=C\C/C=C\C/C=C\C/C=C\C/C=C\CCCCCCCCCCC(=O)OCC(COC(=O)CCCCCCCCCCCCCCCC)OC(=O)C/C=C\C/C=C\C/C=C\C/C=C\C/C=C\CC. The molecule has 0 radical (unpaired) electrons. The minimum atomic E-state index is -0.841. The van der Waals surface area contributed by atoms with E-state index in [1.165, 1.54) is 103 Å². The van der Waals surface area contributed by atoms with Gasteiger partial charge in [0.05, 0.1) is 6.42 Å². The summed E-state index contributed by atoms with van der Waals surface area (Å²) in [4.78, 5) is 38.2. The number of ether oxygens (including phenoxy) is 3. The summed E-state index contributed by atoms with van der Waals surface area (Å²) < 4.78 is 16.8. The molecule has 0 aliphatic heterocycles. The van der Waals surface area contributed by atoms with Crippen LogP contribution in [0.15, 0.2) is 158 Å². The number of hydrogen-bond acceptors (Lipinski definition) is 6. The largest absolute Gasteiger partial charge is 0.462 e. The maximum absolute atomic E-state index is 12.8. The van der Waals surface area contributed by atoms with Gasteiger partial charge in [-0.25, -0.2) is 0 Å². The summed E-state index contributed by atoms with van der Waals surface area (Å²) in [5, 5.41) is 0. The Hall–Kier alpha value is -4.97. The highest BCUT2D eigenvalue weighted by molar-refractivity contribution is 5.72. The van der Waals surface area contributed by atoms with Crippen molar-refractivity contribution in [1.82, 2.24) is 0 Å². The van der Waals surface area contributed by atoms with Gasteiger partial charge >= 0.3 is 17.9 Å². The van der Waals surface area contributed by atoms with Gasteiger partial charge in [-0.2, -0.15) is 0 Å². The van der Waals surface area contributed by atoms with Gasteiger partial charge in [0.25, 0.3) is 0 Å². The van der Waals surface area contributed by atoms with E-state index in [1.807, 2.05) is 6.08 Å². The van der Waals surface area contributed by atoms with Crippen LogP contribution in [0.2, 0.25) is 0 Å². The molecule has 0 fully saturated rings. The molecular weight excluding hydrogens is 985 g/mol. The summed E-state index contributed by atoms with van der Waals surface area (Å²) in [7, 11) is 0. The van der Waals surface area contributed by atoms with E-state index in [9.17, 15) is 14.4 Å². The average Bonchev–Trinajstić information content (AvgIpc) is 3.46. The Kier molecular flexibility index (Phi) is 62.4.